The number of carbonyl (C=O) groups excluding carboxylic acids is 1. The number of hydrogen-bond acceptors (Lipinski definition) is 5. The lowest BCUT2D eigenvalue weighted by molar-refractivity contribution is -0.384. The zero-order chi connectivity index (χ0) is 19.3. The van der Waals surface area contributed by atoms with Crippen LogP contribution in [0.5, 0.6) is 0 Å². The number of nitro groups is 1. The molecule has 1 heterocycles. The molecule has 1 aliphatic heterocycles. The van der Waals surface area contributed by atoms with E-state index in [1.807, 2.05) is 37.3 Å². The van der Waals surface area contributed by atoms with Crippen molar-refractivity contribution in [1.82, 2.24) is 5.32 Å². The minimum Gasteiger partial charge on any atom is -0.444 e. The lowest BCUT2D eigenvalue weighted by Gasteiger charge is -2.43. The number of ether oxygens (including phenoxy) is 1. The second kappa shape index (κ2) is 8.18. The molecular formula is C20H23N3O4. The molecule has 1 fully saturated rings. The Morgan fingerprint density at radius 3 is 2.52 bits per heavy atom. The van der Waals surface area contributed by atoms with E-state index >= 15 is 0 Å². The van der Waals surface area contributed by atoms with Gasteiger partial charge in [0.05, 0.1) is 10.5 Å². The van der Waals surface area contributed by atoms with Crippen LogP contribution in [0.1, 0.15) is 25.3 Å². The van der Waals surface area contributed by atoms with Crippen LogP contribution in [-0.2, 0) is 11.3 Å². The van der Waals surface area contributed by atoms with Crippen molar-refractivity contribution in [2.45, 2.75) is 31.9 Å². The maximum Gasteiger partial charge on any atom is 0.415 e. The summed E-state index contributed by atoms with van der Waals surface area (Å²) in [7, 11) is 0. The molecule has 0 saturated carbocycles. The summed E-state index contributed by atoms with van der Waals surface area (Å²) in [5, 5.41) is 14.3. The number of rotatable bonds is 5. The molecule has 2 aromatic carbocycles. The normalized spacial score (nSPS) is 19.3. The zero-order valence-electron chi connectivity index (χ0n) is 15.3. The van der Waals surface area contributed by atoms with Crippen molar-refractivity contribution in [2.75, 3.05) is 18.0 Å². The fourth-order valence-corrected chi connectivity index (χ4v) is 3.38. The van der Waals surface area contributed by atoms with Crippen molar-refractivity contribution >= 4 is 17.5 Å². The third-order valence-corrected chi connectivity index (χ3v) is 4.82. The van der Waals surface area contributed by atoms with Gasteiger partial charge in [-0.15, -0.1) is 0 Å². The Balaban J connectivity index is 1.84. The smallest absolute Gasteiger partial charge is 0.415 e. The molecule has 1 N–H and O–H groups in total. The van der Waals surface area contributed by atoms with Gasteiger partial charge in [-0.2, -0.15) is 0 Å². The molecule has 7 nitrogen and oxygen atoms in total. The molecule has 0 aromatic heterocycles. The van der Waals surface area contributed by atoms with Gasteiger partial charge in [-0.05, 0) is 44.0 Å². The minimum absolute atomic E-state index is 0.0109. The van der Waals surface area contributed by atoms with E-state index < -0.39 is 16.6 Å². The average molecular weight is 369 g/mol. The van der Waals surface area contributed by atoms with E-state index in [1.54, 1.807) is 17.0 Å². The van der Waals surface area contributed by atoms with Crippen LogP contribution >= 0.6 is 0 Å². The first-order valence-corrected chi connectivity index (χ1v) is 8.96. The molecule has 142 valence electrons. The number of piperidine rings is 1. The first-order chi connectivity index (χ1) is 13.0. The Kier molecular flexibility index (Phi) is 5.71. The van der Waals surface area contributed by atoms with E-state index in [-0.39, 0.29) is 12.3 Å². The molecule has 7 heteroatoms. The molecule has 0 aliphatic carbocycles. The van der Waals surface area contributed by atoms with Gasteiger partial charge in [-0.1, -0.05) is 30.3 Å². The Hall–Kier alpha value is -2.93. The topological polar surface area (TPSA) is 84.7 Å². The molecule has 1 aliphatic rings. The Morgan fingerprint density at radius 1 is 1.22 bits per heavy atom. The summed E-state index contributed by atoms with van der Waals surface area (Å²) in [4.78, 5) is 25.1. The Labute approximate surface area is 158 Å². The van der Waals surface area contributed by atoms with Gasteiger partial charge in [0.25, 0.3) is 5.69 Å². The van der Waals surface area contributed by atoms with Crippen LogP contribution in [0.15, 0.2) is 54.6 Å². The number of non-ortho nitro benzene ring substituents is 1. The number of nitrogens with one attached hydrogen (secondary N) is 1. The highest BCUT2D eigenvalue weighted by Crippen LogP contribution is 2.31. The highest BCUT2D eigenvalue weighted by molar-refractivity contribution is 5.89. The summed E-state index contributed by atoms with van der Waals surface area (Å²) in [6, 6.07) is 15.5. The number of nitro benzene ring substituents is 1. The maximum atomic E-state index is 13.0. The van der Waals surface area contributed by atoms with E-state index in [1.165, 1.54) is 12.1 Å². The third-order valence-electron chi connectivity index (χ3n) is 4.82. The molecule has 0 bridgehead atoms. The largest absolute Gasteiger partial charge is 0.444 e. The number of anilines is 1. The number of amides is 1. The molecule has 1 atom stereocenters. The first-order valence-electron chi connectivity index (χ1n) is 8.96. The molecule has 27 heavy (non-hydrogen) atoms. The van der Waals surface area contributed by atoms with Crippen molar-refractivity contribution in [2.24, 2.45) is 0 Å². The van der Waals surface area contributed by atoms with Crippen molar-refractivity contribution in [1.29, 1.82) is 0 Å². The standard InChI is InChI=1S/C20H23N3O4/c1-20(12-5-13-21-15-20)22(17-8-10-18(11-9-17)23(25)26)19(24)27-14-16-6-3-2-4-7-16/h2-4,6-11,21H,5,12-15H2,1H3. The van der Waals surface area contributed by atoms with E-state index in [2.05, 4.69) is 5.32 Å². The fourth-order valence-electron chi connectivity index (χ4n) is 3.38. The highest BCUT2D eigenvalue weighted by atomic mass is 16.6. The summed E-state index contributed by atoms with van der Waals surface area (Å²) in [5.74, 6) is 0. The van der Waals surface area contributed by atoms with Gasteiger partial charge in [0, 0.05) is 24.4 Å². The summed E-state index contributed by atoms with van der Waals surface area (Å²) >= 11 is 0. The van der Waals surface area contributed by atoms with Gasteiger partial charge < -0.3 is 10.1 Å². The van der Waals surface area contributed by atoms with E-state index in [0.29, 0.717) is 12.2 Å². The number of carbonyl (C=O) groups is 1. The van der Waals surface area contributed by atoms with Crippen LogP contribution in [-0.4, -0.2) is 29.6 Å². The first kappa shape index (κ1) is 18.8. The predicted molar refractivity (Wildman–Crippen MR) is 103 cm³/mol. The van der Waals surface area contributed by atoms with Crippen molar-refractivity contribution in [3.8, 4) is 0 Å². The van der Waals surface area contributed by atoms with Crippen LogP contribution in [0.2, 0.25) is 0 Å². The molecule has 1 unspecified atom stereocenters. The lowest BCUT2D eigenvalue weighted by Crippen LogP contribution is -2.58. The molecule has 2 aromatic rings. The van der Waals surface area contributed by atoms with Gasteiger partial charge in [0.15, 0.2) is 0 Å². The quantitative estimate of drug-likeness (QED) is 0.639. The van der Waals surface area contributed by atoms with Gasteiger partial charge in [0.1, 0.15) is 6.61 Å². The summed E-state index contributed by atoms with van der Waals surface area (Å²) < 4.78 is 5.57. The molecule has 0 spiro atoms. The van der Waals surface area contributed by atoms with Crippen LogP contribution < -0.4 is 10.2 Å². The van der Waals surface area contributed by atoms with Crippen molar-refractivity contribution in [3.63, 3.8) is 0 Å². The van der Waals surface area contributed by atoms with Gasteiger partial charge in [0.2, 0.25) is 0 Å². The maximum absolute atomic E-state index is 13.0. The Bertz CT molecular complexity index is 787. The van der Waals surface area contributed by atoms with Crippen LogP contribution in [0.3, 0.4) is 0 Å². The number of nitrogens with zero attached hydrogens (tertiary/aromatic N) is 2. The molecule has 0 radical (unpaired) electrons. The zero-order valence-corrected chi connectivity index (χ0v) is 15.3. The van der Waals surface area contributed by atoms with Crippen LogP contribution in [0.25, 0.3) is 0 Å². The van der Waals surface area contributed by atoms with Gasteiger partial charge in [-0.25, -0.2) is 4.79 Å². The Morgan fingerprint density at radius 2 is 1.93 bits per heavy atom. The second-order valence-electron chi connectivity index (χ2n) is 6.93. The van der Waals surface area contributed by atoms with Crippen LogP contribution in [0, 0.1) is 10.1 Å². The molecular weight excluding hydrogens is 346 g/mol. The van der Waals surface area contributed by atoms with Gasteiger partial charge >= 0.3 is 6.09 Å². The van der Waals surface area contributed by atoms with Crippen molar-refractivity contribution < 1.29 is 14.5 Å². The summed E-state index contributed by atoms with van der Waals surface area (Å²) in [6.45, 7) is 3.71. The van der Waals surface area contributed by atoms with E-state index in [9.17, 15) is 14.9 Å². The third kappa shape index (κ3) is 4.43. The molecule has 3 rings (SSSR count). The lowest BCUT2D eigenvalue weighted by atomic mass is 9.90. The monoisotopic (exact) mass is 369 g/mol. The van der Waals surface area contributed by atoms with Crippen LogP contribution in [0.4, 0.5) is 16.2 Å². The summed E-state index contributed by atoms with van der Waals surface area (Å²) in [6.07, 6.45) is 1.29. The summed E-state index contributed by atoms with van der Waals surface area (Å²) in [5.41, 5.74) is 1.01. The SMILES string of the molecule is CC1(N(C(=O)OCc2ccccc2)c2ccc([N+](=O)[O-])cc2)CCCNC1. The fraction of sp³-hybridized carbons (Fsp3) is 0.350. The van der Waals surface area contributed by atoms with E-state index in [0.717, 1.165) is 24.9 Å². The second-order valence-corrected chi connectivity index (χ2v) is 6.93. The van der Waals surface area contributed by atoms with Gasteiger partial charge in [-0.3, -0.25) is 15.0 Å². The van der Waals surface area contributed by atoms with Crippen molar-refractivity contribution in [3.05, 3.63) is 70.3 Å². The predicted octanol–water partition coefficient (Wildman–Crippen LogP) is 3.88. The number of hydrogen-bond donors (Lipinski definition) is 1. The highest BCUT2D eigenvalue weighted by Gasteiger charge is 2.38. The van der Waals surface area contributed by atoms with E-state index in [4.69, 9.17) is 4.74 Å². The molecule has 1 saturated heterocycles. The number of benzene rings is 2. The minimum atomic E-state index is -0.470. The average Bonchev–Trinajstić information content (AvgIpc) is 2.68. The molecule has 1 amide bonds.